The van der Waals surface area contributed by atoms with Gasteiger partial charge >= 0.3 is 5.97 Å². The Hall–Kier alpha value is -3.44. The predicted molar refractivity (Wildman–Crippen MR) is 117 cm³/mol. The lowest BCUT2D eigenvalue weighted by molar-refractivity contribution is 0.0696. The van der Waals surface area contributed by atoms with Crippen molar-refractivity contribution in [1.29, 1.82) is 0 Å². The molecule has 0 bridgehead atoms. The van der Waals surface area contributed by atoms with Crippen molar-refractivity contribution in [3.63, 3.8) is 0 Å². The van der Waals surface area contributed by atoms with Crippen molar-refractivity contribution in [1.82, 2.24) is 9.97 Å². The predicted octanol–water partition coefficient (Wildman–Crippen LogP) is 3.85. The third-order valence-corrected chi connectivity index (χ3v) is 5.67. The third kappa shape index (κ3) is 5.19. The number of halogens is 2. The Bertz CT molecular complexity index is 1260. The minimum Gasteiger partial charge on any atom is -0.478 e. The topological polar surface area (TPSA) is 125 Å². The van der Waals surface area contributed by atoms with Crippen LogP contribution in [-0.2, 0) is 10.0 Å². The zero-order valence-electron chi connectivity index (χ0n) is 16.3. The van der Waals surface area contributed by atoms with Crippen molar-refractivity contribution < 1.29 is 22.7 Å². The van der Waals surface area contributed by atoms with Gasteiger partial charge in [-0.05, 0) is 30.3 Å². The quantitative estimate of drug-likeness (QED) is 0.480. The van der Waals surface area contributed by atoms with Gasteiger partial charge < -0.3 is 15.7 Å². The highest BCUT2D eigenvalue weighted by Crippen LogP contribution is 2.32. The van der Waals surface area contributed by atoms with Crippen LogP contribution < -0.4 is 14.9 Å². The van der Waals surface area contributed by atoms with Crippen molar-refractivity contribution in [2.75, 3.05) is 28.2 Å². The van der Waals surface area contributed by atoms with E-state index in [1.807, 2.05) is 0 Å². The van der Waals surface area contributed by atoms with Crippen LogP contribution in [0.1, 0.15) is 10.4 Å². The Morgan fingerprint density at radius 2 is 1.87 bits per heavy atom. The summed E-state index contributed by atoms with van der Waals surface area (Å²) < 4.78 is 39.1. The van der Waals surface area contributed by atoms with E-state index in [1.54, 1.807) is 24.3 Å². The normalized spacial score (nSPS) is 11.1. The Morgan fingerprint density at radius 1 is 1.16 bits per heavy atom. The molecule has 0 aliphatic rings. The number of anilines is 5. The van der Waals surface area contributed by atoms with Crippen molar-refractivity contribution in [3.05, 3.63) is 65.1 Å². The molecule has 12 heteroatoms. The fourth-order valence-electron chi connectivity index (χ4n) is 2.55. The van der Waals surface area contributed by atoms with Crippen LogP contribution in [0.15, 0.2) is 48.7 Å². The van der Waals surface area contributed by atoms with E-state index < -0.39 is 21.8 Å². The first kappa shape index (κ1) is 22.2. The average molecular weight is 466 g/mol. The molecular weight excluding hydrogens is 449 g/mol. The molecule has 0 aliphatic heterocycles. The first-order chi connectivity index (χ1) is 14.6. The smallest absolute Gasteiger partial charge is 0.335 e. The van der Waals surface area contributed by atoms with Gasteiger partial charge in [-0.1, -0.05) is 23.7 Å². The Morgan fingerprint density at radius 3 is 2.52 bits per heavy atom. The second-order valence-electron chi connectivity index (χ2n) is 6.39. The van der Waals surface area contributed by atoms with Crippen LogP contribution in [0, 0.1) is 5.82 Å². The molecule has 1 heterocycles. The number of benzene rings is 2. The number of carboxylic acids is 1. The summed E-state index contributed by atoms with van der Waals surface area (Å²) in [5, 5.41) is 14.7. The van der Waals surface area contributed by atoms with Crippen molar-refractivity contribution >= 4 is 56.4 Å². The van der Waals surface area contributed by atoms with E-state index in [0.717, 1.165) is 16.6 Å². The molecule has 3 N–H and O–H groups in total. The Kier molecular flexibility index (Phi) is 6.27. The van der Waals surface area contributed by atoms with E-state index in [-0.39, 0.29) is 28.0 Å². The molecule has 162 valence electrons. The summed E-state index contributed by atoms with van der Waals surface area (Å²) in [6, 6.07) is 10.00. The molecule has 0 saturated heterocycles. The first-order valence-corrected chi connectivity index (χ1v) is 10.9. The van der Waals surface area contributed by atoms with Crippen LogP contribution in [0.4, 0.5) is 33.2 Å². The van der Waals surface area contributed by atoms with Gasteiger partial charge in [0, 0.05) is 7.05 Å². The molecule has 0 spiro atoms. The van der Waals surface area contributed by atoms with Gasteiger partial charge in [0.1, 0.15) is 10.8 Å². The van der Waals surface area contributed by atoms with Crippen LogP contribution in [0.3, 0.4) is 0 Å². The molecular formula is C19H17ClFN5O4S. The minimum absolute atomic E-state index is 0.0113. The van der Waals surface area contributed by atoms with Gasteiger partial charge in [0.2, 0.25) is 16.0 Å². The second kappa shape index (κ2) is 8.74. The van der Waals surface area contributed by atoms with Crippen LogP contribution in [0.5, 0.6) is 0 Å². The molecule has 0 aliphatic carbocycles. The number of rotatable bonds is 7. The lowest BCUT2D eigenvalue weighted by atomic mass is 10.2. The number of aromatic nitrogens is 2. The highest BCUT2D eigenvalue weighted by molar-refractivity contribution is 7.92. The number of carboxylic acid groups (broad SMARTS) is 1. The van der Waals surface area contributed by atoms with Gasteiger partial charge in [-0.3, -0.25) is 4.31 Å². The lowest BCUT2D eigenvalue weighted by Gasteiger charge is -2.21. The van der Waals surface area contributed by atoms with Gasteiger partial charge in [0.25, 0.3) is 0 Å². The summed E-state index contributed by atoms with van der Waals surface area (Å²) in [5.41, 5.74) is 0.549. The number of nitrogens with one attached hydrogen (secondary N) is 2. The highest BCUT2D eigenvalue weighted by Gasteiger charge is 2.17. The number of hydrogen-bond donors (Lipinski definition) is 3. The SMILES string of the molecule is CN(c1ccccc1Nc1nc(Nc2ccc(C(=O)O)cc2F)ncc1Cl)S(C)(=O)=O. The summed E-state index contributed by atoms with van der Waals surface area (Å²) in [5.74, 6) is -1.91. The molecule has 3 aromatic rings. The number of nitrogens with zero attached hydrogens (tertiary/aromatic N) is 3. The third-order valence-electron chi connectivity index (χ3n) is 4.20. The lowest BCUT2D eigenvalue weighted by Crippen LogP contribution is -2.25. The van der Waals surface area contributed by atoms with Gasteiger partial charge in [-0.2, -0.15) is 4.98 Å². The molecule has 0 unspecified atom stereocenters. The minimum atomic E-state index is -3.51. The number of para-hydroxylation sites is 2. The van der Waals surface area contributed by atoms with Crippen molar-refractivity contribution in [3.8, 4) is 0 Å². The van der Waals surface area contributed by atoms with Crippen LogP contribution in [0.2, 0.25) is 5.02 Å². The zero-order chi connectivity index (χ0) is 22.8. The zero-order valence-corrected chi connectivity index (χ0v) is 17.9. The maximum Gasteiger partial charge on any atom is 0.335 e. The monoisotopic (exact) mass is 465 g/mol. The van der Waals surface area contributed by atoms with Gasteiger partial charge in [0.15, 0.2) is 5.82 Å². The molecule has 2 aromatic carbocycles. The fourth-order valence-corrected chi connectivity index (χ4v) is 3.20. The van der Waals surface area contributed by atoms with E-state index in [1.165, 1.54) is 25.4 Å². The first-order valence-electron chi connectivity index (χ1n) is 8.68. The van der Waals surface area contributed by atoms with Crippen molar-refractivity contribution in [2.45, 2.75) is 0 Å². The van der Waals surface area contributed by atoms with Crippen molar-refractivity contribution in [2.24, 2.45) is 0 Å². The van der Waals surface area contributed by atoms with Gasteiger partial charge in [0.05, 0.1) is 35.1 Å². The van der Waals surface area contributed by atoms with Crippen LogP contribution in [0.25, 0.3) is 0 Å². The largest absolute Gasteiger partial charge is 0.478 e. The van der Waals surface area contributed by atoms with E-state index in [4.69, 9.17) is 16.7 Å². The van der Waals surface area contributed by atoms with Crippen LogP contribution in [-0.4, -0.2) is 42.8 Å². The standard InChI is InChI=1S/C19H17ClFN5O4S/c1-26(31(2,29)30)16-6-4-3-5-15(16)23-17-12(20)10-22-19(25-17)24-14-8-7-11(18(27)28)9-13(14)21/h3-10H,1-2H3,(H,27,28)(H2,22,23,24,25). The Balaban J connectivity index is 1.91. The van der Waals surface area contributed by atoms with Crippen LogP contribution >= 0.6 is 11.6 Å². The van der Waals surface area contributed by atoms with Gasteiger partial charge in [-0.15, -0.1) is 0 Å². The molecule has 3 rings (SSSR count). The molecule has 0 saturated carbocycles. The summed E-state index contributed by atoms with van der Waals surface area (Å²) in [6.45, 7) is 0. The second-order valence-corrected chi connectivity index (χ2v) is 8.81. The summed E-state index contributed by atoms with van der Waals surface area (Å²) in [7, 11) is -2.10. The molecule has 1 aromatic heterocycles. The number of carbonyl (C=O) groups is 1. The van der Waals surface area contributed by atoms with E-state index in [9.17, 15) is 17.6 Å². The van der Waals surface area contributed by atoms with E-state index >= 15 is 0 Å². The summed E-state index contributed by atoms with van der Waals surface area (Å²) >= 11 is 6.17. The molecule has 31 heavy (non-hydrogen) atoms. The van der Waals surface area contributed by atoms with E-state index in [2.05, 4.69) is 20.6 Å². The number of hydrogen-bond acceptors (Lipinski definition) is 7. The molecule has 9 nitrogen and oxygen atoms in total. The molecule has 0 radical (unpaired) electrons. The summed E-state index contributed by atoms with van der Waals surface area (Å²) in [4.78, 5) is 19.1. The molecule has 0 atom stereocenters. The number of sulfonamides is 1. The highest BCUT2D eigenvalue weighted by atomic mass is 35.5. The maximum absolute atomic E-state index is 14.2. The Labute approximate surface area is 182 Å². The number of aromatic carboxylic acids is 1. The fraction of sp³-hybridized carbons (Fsp3) is 0.105. The van der Waals surface area contributed by atoms with E-state index in [0.29, 0.717) is 11.4 Å². The average Bonchev–Trinajstić information content (AvgIpc) is 2.71. The van der Waals surface area contributed by atoms with Gasteiger partial charge in [-0.25, -0.2) is 22.6 Å². The summed E-state index contributed by atoms with van der Waals surface area (Å²) in [6.07, 6.45) is 2.36. The maximum atomic E-state index is 14.2. The molecule has 0 amide bonds. The molecule has 0 fully saturated rings.